The first-order valence-electron chi connectivity index (χ1n) is 11.1. The van der Waals surface area contributed by atoms with E-state index in [1.165, 1.54) is 80.9 Å². The van der Waals surface area contributed by atoms with Gasteiger partial charge in [-0.1, -0.05) is 44.9 Å². The Balaban J connectivity index is 1.48. The van der Waals surface area contributed by atoms with Gasteiger partial charge in [-0.15, -0.1) is 11.8 Å². The van der Waals surface area contributed by atoms with Crippen LogP contribution in [0.15, 0.2) is 38.4 Å². The van der Waals surface area contributed by atoms with Gasteiger partial charge >= 0.3 is 5.63 Å². The zero-order valence-electron chi connectivity index (χ0n) is 17.6. The molecular formula is C24H34O3S2. The monoisotopic (exact) mass is 434 g/mol. The first-order chi connectivity index (χ1) is 14.3. The molecule has 1 fully saturated rings. The lowest BCUT2D eigenvalue weighted by atomic mass is 10.1. The molecule has 5 heteroatoms. The number of unbranched alkanes of at least 4 members (excludes halogenated alkanes) is 6. The number of thioether (sulfide) groups is 2. The summed E-state index contributed by atoms with van der Waals surface area (Å²) >= 11 is 3.88. The highest BCUT2D eigenvalue weighted by Gasteiger charge is 2.17. The molecule has 0 saturated heterocycles. The van der Waals surface area contributed by atoms with E-state index in [1.54, 1.807) is 0 Å². The maximum absolute atomic E-state index is 11.9. The highest BCUT2D eigenvalue weighted by atomic mass is 32.2. The van der Waals surface area contributed by atoms with Crippen molar-refractivity contribution in [1.29, 1.82) is 0 Å². The van der Waals surface area contributed by atoms with Gasteiger partial charge in [0.05, 0.1) is 18.1 Å². The molecule has 0 radical (unpaired) electrons. The average molecular weight is 435 g/mol. The summed E-state index contributed by atoms with van der Waals surface area (Å²) in [5, 5.41) is 1.63. The Morgan fingerprint density at radius 3 is 2.48 bits per heavy atom. The van der Waals surface area contributed by atoms with Crippen LogP contribution in [0.2, 0.25) is 0 Å². The molecule has 0 spiro atoms. The van der Waals surface area contributed by atoms with E-state index in [9.17, 15) is 4.79 Å². The van der Waals surface area contributed by atoms with Crippen molar-refractivity contribution in [1.82, 2.24) is 0 Å². The maximum atomic E-state index is 11.9. The molecule has 0 atom stereocenters. The fraction of sp³-hybridized carbons (Fsp3) is 0.625. The second kappa shape index (κ2) is 12.6. The highest BCUT2D eigenvalue weighted by molar-refractivity contribution is 8.00. The fourth-order valence-corrected chi connectivity index (χ4v) is 5.70. The van der Waals surface area contributed by atoms with Crippen molar-refractivity contribution in [3.8, 4) is 5.75 Å². The molecule has 2 aromatic rings. The van der Waals surface area contributed by atoms with Crippen LogP contribution in [-0.2, 0) is 0 Å². The third-order valence-electron chi connectivity index (χ3n) is 5.53. The molecule has 1 aromatic carbocycles. The Bertz CT molecular complexity index is 796. The smallest absolute Gasteiger partial charge is 0.339 e. The second-order valence-electron chi connectivity index (χ2n) is 7.93. The van der Waals surface area contributed by atoms with Crippen LogP contribution in [0.1, 0.15) is 70.6 Å². The topological polar surface area (TPSA) is 39.4 Å². The highest BCUT2D eigenvalue weighted by Crippen LogP contribution is 2.37. The number of benzene rings is 1. The van der Waals surface area contributed by atoms with E-state index < -0.39 is 0 Å². The molecule has 1 aliphatic carbocycles. The van der Waals surface area contributed by atoms with Gasteiger partial charge in [-0.3, -0.25) is 0 Å². The van der Waals surface area contributed by atoms with E-state index in [2.05, 4.69) is 18.4 Å². The Hall–Kier alpha value is -1.07. The van der Waals surface area contributed by atoms with Gasteiger partial charge in [0, 0.05) is 10.1 Å². The van der Waals surface area contributed by atoms with Gasteiger partial charge in [0.1, 0.15) is 11.3 Å². The minimum Gasteiger partial charge on any atom is -0.493 e. The largest absolute Gasteiger partial charge is 0.493 e. The average Bonchev–Trinajstić information content (AvgIpc) is 3.22. The van der Waals surface area contributed by atoms with E-state index in [4.69, 9.17) is 9.15 Å². The molecule has 1 heterocycles. The number of fused-ring (bicyclic) bond motifs is 1. The van der Waals surface area contributed by atoms with E-state index in [-0.39, 0.29) is 5.63 Å². The summed E-state index contributed by atoms with van der Waals surface area (Å²) < 4.78 is 11.4. The van der Waals surface area contributed by atoms with Crippen molar-refractivity contribution >= 4 is 34.5 Å². The van der Waals surface area contributed by atoms with Crippen LogP contribution in [0.25, 0.3) is 11.0 Å². The molecule has 0 unspecified atom stereocenters. The molecule has 0 N–H and O–H groups in total. The third-order valence-corrected chi connectivity index (χ3v) is 7.56. The van der Waals surface area contributed by atoms with Gasteiger partial charge in [-0.05, 0) is 55.9 Å². The summed E-state index contributed by atoms with van der Waals surface area (Å²) in [5.41, 5.74) is 0.280. The van der Waals surface area contributed by atoms with Crippen molar-refractivity contribution in [2.45, 2.75) is 80.8 Å². The summed E-state index contributed by atoms with van der Waals surface area (Å²) in [5.74, 6) is 1.95. The zero-order valence-corrected chi connectivity index (χ0v) is 19.3. The zero-order chi connectivity index (χ0) is 20.3. The van der Waals surface area contributed by atoms with Crippen LogP contribution in [0.4, 0.5) is 0 Å². The van der Waals surface area contributed by atoms with Gasteiger partial charge in [-0.2, -0.15) is 11.8 Å². The molecule has 160 valence electrons. The quantitative estimate of drug-likeness (QED) is 0.244. The fourth-order valence-electron chi connectivity index (χ4n) is 3.92. The van der Waals surface area contributed by atoms with Gasteiger partial charge in [0.25, 0.3) is 0 Å². The molecule has 1 aliphatic rings. The summed E-state index contributed by atoms with van der Waals surface area (Å²) in [6, 6.07) is 7.61. The van der Waals surface area contributed by atoms with Crippen molar-refractivity contribution < 1.29 is 9.15 Å². The Morgan fingerprint density at radius 1 is 1.00 bits per heavy atom. The molecule has 1 saturated carbocycles. The molecule has 3 rings (SSSR count). The summed E-state index contributed by atoms with van der Waals surface area (Å²) in [6.45, 7) is 0.658. The minimum atomic E-state index is -0.339. The molecule has 0 aliphatic heterocycles. The van der Waals surface area contributed by atoms with Crippen LogP contribution >= 0.6 is 23.5 Å². The van der Waals surface area contributed by atoms with Crippen LogP contribution in [-0.4, -0.2) is 23.9 Å². The molecule has 0 amide bonds. The van der Waals surface area contributed by atoms with Crippen molar-refractivity contribution in [3.05, 3.63) is 34.7 Å². The van der Waals surface area contributed by atoms with E-state index in [0.717, 1.165) is 11.8 Å². The van der Waals surface area contributed by atoms with Gasteiger partial charge in [0.15, 0.2) is 0 Å². The number of hydrogen-bond donors (Lipinski definition) is 0. The Labute approximate surface area is 183 Å². The van der Waals surface area contributed by atoms with Gasteiger partial charge < -0.3 is 9.15 Å². The van der Waals surface area contributed by atoms with Crippen LogP contribution in [0.5, 0.6) is 5.75 Å². The van der Waals surface area contributed by atoms with Gasteiger partial charge in [0.2, 0.25) is 0 Å². The number of rotatable bonds is 13. The molecule has 1 aromatic heterocycles. The molecule has 3 nitrogen and oxygen atoms in total. The van der Waals surface area contributed by atoms with Crippen LogP contribution in [0.3, 0.4) is 0 Å². The summed E-state index contributed by atoms with van der Waals surface area (Å²) in [7, 11) is 0. The van der Waals surface area contributed by atoms with Crippen molar-refractivity contribution in [3.63, 3.8) is 0 Å². The second-order valence-corrected chi connectivity index (χ2v) is 10.3. The first-order valence-corrected chi connectivity index (χ1v) is 13.4. The number of hydrogen-bond acceptors (Lipinski definition) is 5. The van der Waals surface area contributed by atoms with E-state index >= 15 is 0 Å². The normalized spacial score (nSPS) is 14.7. The maximum Gasteiger partial charge on any atom is 0.339 e. The van der Waals surface area contributed by atoms with Crippen molar-refractivity contribution in [2.24, 2.45) is 0 Å². The molecule has 29 heavy (non-hydrogen) atoms. The predicted octanol–water partition coefficient (Wildman–Crippen LogP) is 7.30. The summed E-state index contributed by atoms with van der Waals surface area (Å²) in [4.78, 5) is 13.1. The lowest BCUT2D eigenvalue weighted by Gasteiger charge is -2.11. The van der Waals surface area contributed by atoms with Crippen LogP contribution in [0, 0.1) is 0 Å². The number of ether oxygens (including phenoxy) is 1. The van der Waals surface area contributed by atoms with Gasteiger partial charge in [-0.25, -0.2) is 4.79 Å². The first kappa shape index (κ1) is 22.6. The standard InChI is InChI=1S/C24H34O3S2/c1-28-16-10-6-4-2-3-5-9-15-26-23-18-24(25)27-22-14-13-20(17-21(22)23)29-19-11-7-8-12-19/h13-14,17-19H,2-12,15-16H2,1H3. The Morgan fingerprint density at radius 2 is 1.72 bits per heavy atom. The van der Waals surface area contributed by atoms with Crippen LogP contribution < -0.4 is 10.4 Å². The predicted molar refractivity (Wildman–Crippen MR) is 127 cm³/mol. The summed E-state index contributed by atoms with van der Waals surface area (Å²) in [6.07, 6.45) is 16.3. The lowest BCUT2D eigenvalue weighted by molar-refractivity contribution is 0.305. The van der Waals surface area contributed by atoms with E-state index in [0.29, 0.717) is 23.2 Å². The lowest BCUT2D eigenvalue weighted by Crippen LogP contribution is -2.03. The minimum absolute atomic E-state index is 0.339. The Kier molecular flexibility index (Phi) is 9.81. The van der Waals surface area contributed by atoms with E-state index in [1.807, 2.05) is 29.6 Å². The third kappa shape index (κ3) is 7.60. The molecular weight excluding hydrogens is 400 g/mol. The molecule has 0 bridgehead atoms. The van der Waals surface area contributed by atoms with Crippen molar-refractivity contribution in [2.75, 3.05) is 18.6 Å². The SMILES string of the molecule is CSCCCCCCCCCOc1cc(=O)oc2ccc(SC3CCCC3)cc12.